The van der Waals surface area contributed by atoms with E-state index in [2.05, 4.69) is 55.3 Å². The molecule has 4 aromatic rings. The Morgan fingerprint density at radius 2 is 1.80 bits per heavy atom. The van der Waals surface area contributed by atoms with Crippen molar-refractivity contribution >= 4 is 21.6 Å². The summed E-state index contributed by atoms with van der Waals surface area (Å²) < 4.78 is 0. The van der Waals surface area contributed by atoms with Gasteiger partial charge in [-0.2, -0.15) is 0 Å². The van der Waals surface area contributed by atoms with Gasteiger partial charge in [-0.3, -0.25) is 4.79 Å². The van der Waals surface area contributed by atoms with Crippen molar-refractivity contribution in [2.45, 2.75) is 39.8 Å². The second-order valence-corrected chi connectivity index (χ2v) is 8.76. The predicted octanol–water partition coefficient (Wildman–Crippen LogP) is 5.70. The maximum Gasteiger partial charge on any atom is 0.260 e. The van der Waals surface area contributed by atoms with E-state index in [0.29, 0.717) is 23.7 Å². The third kappa shape index (κ3) is 4.23. The first kappa shape index (κ1) is 20.5. The van der Waals surface area contributed by atoms with E-state index in [1.54, 1.807) is 0 Å². The Bertz CT molecular complexity index is 1180. The first-order valence-electron chi connectivity index (χ1n) is 10.4. The number of rotatable bonds is 7. The van der Waals surface area contributed by atoms with Crippen LogP contribution in [0, 0.1) is 5.92 Å². The zero-order valence-corrected chi connectivity index (χ0v) is 18.4. The van der Waals surface area contributed by atoms with Gasteiger partial charge in [0, 0.05) is 17.0 Å². The van der Waals surface area contributed by atoms with E-state index in [1.807, 2.05) is 35.7 Å². The molecule has 0 aliphatic carbocycles. The van der Waals surface area contributed by atoms with E-state index in [9.17, 15) is 4.79 Å². The van der Waals surface area contributed by atoms with E-state index >= 15 is 0 Å². The van der Waals surface area contributed by atoms with E-state index in [1.165, 1.54) is 22.5 Å². The van der Waals surface area contributed by atoms with Crippen LogP contribution in [0.25, 0.3) is 21.3 Å². The third-order valence-electron chi connectivity index (χ3n) is 5.48. The number of aromatic nitrogens is 2. The Balaban J connectivity index is 1.58. The van der Waals surface area contributed by atoms with Crippen LogP contribution in [-0.2, 0) is 13.0 Å². The molecule has 1 atom stereocenters. The van der Waals surface area contributed by atoms with Gasteiger partial charge in [-0.1, -0.05) is 75.4 Å². The fraction of sp³-hybridized carbons (Fsp3) is 0.280. The summed E-state index contributed by atoms with van der Waals surface area (Å²) in [6.07, 6.45) is 1.04. The number of hydrogen-bond donors (Lipinski definition) is 2. The van der Waals surface area contributed by atoms with Gasteiger partial charge >= 0.3 is 0 Å². The zero-order valence-electron chi connectivity index (χ0n) is 17.6. The van der Waals surface area contributed by atoms with Gasteiger partial charge in [0.15, 0.2) is 0 Å². The minimum Gasteiger partial charge on any atom is -0.309 e. The lowest BCUT2D eigenvalue weighted by molar-refractivity contribution is 0.406. The highest BCUT2D eigenvalue weighted by Crippen LogP contribution is 2.30. The lowest BCUT2D eigenvalue weighted by atomic mass is 9.95. The van der Waals surface area contributed by atoms with Crippen molar-refractivity contribution in [1.29, 1.82) is 0 Å². The molecule has 0 fully saturated rings. The molecule has 4 nitrogen and oxygen atoms in total. The fourth-order valence-corrected chi connectivity index (χ4v) is 4.78. The Hall–Kier alpha value is -2.76. The van der Waals surface area contributed by atoms with Crippen molar-refractivity contribution in [1.82, 2.24) is 15.3 Å². The molecule has 0 saturated heterocycles. The zero-order chi connectivity index (χ0) is 21.1. The topological polar surface area (TPSA) is 57.8 Å². The van der Waals surface area contributed by atoms with Crippen molar-refractivity contribution in [3.05, 3.63) is 87.3 Å². The van der Waals surface area contributed by atoms with E-state index in [-0.39, 0.29) is 11.6 Å². The van der Waals surface area contributed by atoms with Gasteiger partial charge in [0.05, 0.1) is 11.9 Å². The Labute approximate surface area is 181 Å². The number of hydrogen-bond acceptors (Lipinski definition) is 4. The van der Waals surface area contributed by atoms with Crippen LogP contribution in [0.4, 0.5) is 0 Å². The molecule has 2 heterocycles. The molecule has 2 aromatic carbocycles. The molecule has 2 aromatic heterocycles. The summed E-state index contributed by atoms with van der Waals surface area (Å²) in [4.78, 5) is 21.4. The molecule has 0 saturated carbocycles. The van der Waals surface area contributed by atoms with Crippen LogP contribution < -0.4 is 10.9 Å². The molecule has 0 unspecified atom stereocenters. The number of aromatic amines is 1. The molecule has 0 bridgehead atoms. The van der Waals surface area contributed by atoms with Crippen molar-refractivity contribution in [3.8, 4) is 11.1 Å². The molecular weight excluding hydrogens is 390 g/mol. The first-order valence-corrected chi connectivity index (χ1v) is 11.3. The normalized spacial score (nSPS) is 12.5. The fourth-order valence-electron chi connectivity index (χ4n) is 3.81. The number of aryl methyl sites for hydroxylation is 1. The van der Waals surface area contributed by atoms with Crippen LogP contribution in [0.1, 0.15) is 43.8 Å². The third-order valence-corrected chi connectivity index (χ3v) is 6.35. The maximum atomic E-state index is 12.9. The Kier molecular flexibility index (Phi) is 6.11. The molecule has 30 heavy (non-hydrogen) atoms. The summed E-state index contributed by atoms with van der Waals surface area (Å²) in [5.41, 5.74) is 4.50. The van der Waals surface area contributed by atoms with Crippen molar-refractivity contribution in [2.24, 2.45) is 5.92 Å². The number of fused-ring (bicyclic) bond motifs is 1. The molecule has 0 aliphatic heterocycles. The summed E-state index contributed by atoms with van der Waals surface area (Å²) in [5.74, 6) is 1.09. The Morgan fingerprint density at radius 1 is 1.07 bits per heavy atom. The lowest BCUT2D eigenvalue weighted by Crippen LogP contribution is -2.27. The van der Waals surface area contributed by atoms with Gasteiger partial charge in [-0.15, -0.1) is 11.3 Å². The minimum atomic E-state index is -0.0784. The quantitative estimate of drug-likeness (QED) is 0.405. The van der Waals surface area contributed by atoms with Crippen LogP contribution in [0.2, 0.25) is 0 Å². The van der Waals surface area contributed by atoms with Gasteiger partial charge in [-0.25, -0.2) is 4.98 Å². The molecule has 4 rings (SSSR count). The largest absolute Gasteiger partial charge is 0.309 e. The van der Waals surface area contributed by atoms with E-state index < -0.39 is 0 Å². The first-order chi connectivity index (χ1) is 14.6. The molecule has 2 N–H and O–H groups in total. The molecule has 5 heteroatoms. The van der Waals surface area contributed by atoms with Gasteiger partial charge < -0.3 is 10.3 Å². The highest BCUT2D eigenvalue weighted by Gasteiger charge is 2.17. The second kappa shape index (κ2) is 8.94. The summed E-state index contributed by atoms with van der Waals surface area (Å²) in [7, 11) is 0. The monoisotopic (exact) mass is 417 g/mol. The SMILES string of the molecule is CCc1ccc([C@@H](NCc2nc3scc(-c4ccccc4)c3c(=O)[nH]2)C(C)C)cc1. The number of nitrogens with zero attached hydrogens (tertiary/aromatic N) is 1. The second-order valence-electron chi connectivity index (χ2n) is 7.91. The van der Waals surface area contributed by atoms with E-state index in [0.717, 1.165) is 22.4 Å². The summed E-state index contributed by atoms with van der Waals surface area (Å²) in [6, 6.07) is 19.0. The lowest BCUT2D eigenvalue weighted by Gasteiger charge is -2.23. The number of thiophene rings is 1. The van der Waals surface area contributed by atoms with Crippen LogP contribution in [-0.4, -0.2) is 9.97 Å². The van der Waals surface area contributed by atoms with Crippen LogP contribution in [0.3, 0.4) is 0 Å². The highest BCUT2D eigenvalue weighted by molar-refractivity contribution is 7.17. The average Bonchev–Trinajstić information content (AvgIpc) is 3.19. The van der Waals surface area contributed by atoms with Gasteiger partial charge in [0.2, 0.25) is 0 Å². The molecular formula is C25H27N3OS. The minimum absolute atomic E-state index is 0.0784. The summed E-state index contributed by atoms with van der Waals surface area (Å²) >= 11 is 1.52. The van der Waals surface area contributed by atoms with Crippen LogP contribution in [0.5, 0.6) is 0 Å². The number of nitrogens with one attached hydrogen (secondary N) is 2. The molecule has 0 radical (unpaired) electrons. The Morgan fingerprint density at radius 3 is 2.47 bits per heavy atom. The molecule has 0 spiro atoms. The molecule has 154 valence electrons. The number of H-pyrrole nitrogens is 1. The van der Waals surface area contributed by atoms with Gasteiger partial charge in [0.1, 0.15) is 10.7 Å². The summed E-state index contributed by atoms with van der Waals surface area (Å²) in [5, 5.41) is 6.28. The van der Waals surface area contributed by atoms with Crippen LogP contribution >= 0.6 is 11.3 Å². The van der Waals surface area contributed by atoms with Crippen molar-refractivity contribution in [2.75, 3.05) is 0 Å². The standard InChI is InChI=1S/C25H27N3OS/c1-4-17-10-12-19(13-11-17)23(16(2)3)26-14-21-27-24(29)22-20(15-30-25(22)28-21)18-8-6-5-7-9-18/h5-13,15-16,23,26H,4,14H2,1-3H3,(H,27,28,29)/t23-/m0/s1. The van der Waals surface area contributed by atoms with Gasteiger partial charge in [0.25, 0.3) is 5.56 Å². The average molecular weight is 418 g/mol. The maximum absolute atomic E-state index is 12.9. The number of benzene rings is 2. The van der Waals surface area contributed by atoms with Crippen molar-refractivity contribution in [3.63, 3.8) is 0 Å². The van der Waals surface area contributed by atoms with Crippen molar-refractivity contribution < 1.29 is 0 Å². The molecule has 0 amide bonds. The van der Waals surface area contributed by atoms with Crippen LogP contribution in [0.15, 0.2) is 64.8 Å². The smallest absolute Gasteiger partial charge is 0.260 e. The highest BCUT2D eigenvalue weighted by atomic mass is 32.1. The van der Waals surface area contributed by atoms with Gasteiger partial charge in [-0.05, 0) is 29.0 Å². The molecule has 0 aliphatic rings. The van der Waals surface area contributed by atoms with E-state index in [4.69, 9.17) is 4.98 Å². The predicted molar refractivity (Wildman–Crippen MR) is 126 cm³/mol. The summed E-state index contributed by atoms with van der Waals surface area (Å²) in [6.45, 7) is 7.09.